The largest absolute Gasteiger partial charge is 0.355 e. The third kappa shape index (κ3) is 5.30. The molecule has 0 aliphatic heterocycles. The van der Waals surface area contributed by atoms with Gasteiger partial charge in [0.2, 0.25) is 0 Å². The van der Waals surface area contributed by atoms with Crippen LogP contribution in [0.15, 0.2) is 200 Å². The first-order valence-corrected chi connectivity index (χ1v) is 21.3. The smallest absolute Gasteiger partial charge is 0.0548 e. The van der Waals surface area contributed by atoms with Crippen LogP contribution in [0, 0.1) is 0 Å². The number of aromatic nitrogens is 1. The van der Waals surface area contributed by atoms with Gasteiger partial charge in [0, 0.05) is 73.7 Å². The fraction of sp³-hybridized carbons (Fsp3) is 0. The van der Waals surface area contributed by atoms with E-state index in [2.05, 4.69) is 210 Å². The zero-order valence-electron chi connectivity index (χ0n) is 31.3. The molecule has 0 atom stereocenters. The van der Waals surface area contributed by atoms with Crippen LogP contribution >= 0.6 is 22.7 Å². The first-order valence-electron chi connectivity index (χ1n) is 19.7. The Bertz CT molecular complexity index is 3550. The lowest BCUT2D eigenvalue weighted by Crippen LogP contribution is -1.97. The van der Waals surface area contributed by atoms with Crippen LogP contribution in [0.2, 0.25) is 0 Å². The molecule has 58 heavy (non-hydrogen) atoms. The van der Waals surface area contributed by atoms with Crippen molar-refractivity contribution in [3.63, 3.8) is 0 Å². The molecule has 0 bridgehead atoms. The molecule has 0 spiro atoms. The van der Waals surface area contributed by atoms with E-state index in [0.717, 1.165) is 22.6 Å². The highest BCUT2D eigenvalue weighted by Gasteiger charge is 2.19. The number of nitrogens with one attached hydrogen (secondary N) is 1. The van der Waals surface area contributed by atoms with E-state index in [9.17, 15) is 0 Å². The lowest BCUT2D eigenvalue weighted by Gasteiger charge is -2.16. The molecule has 0 saturated heterocycles. The van der Waals surface area contributed by atoms with Crippen LogP contribution < -0.4 is 5.32 Å². The Balaban J connectivity index is 1.02. The van der Waals surface area contributed by atoms with Crippen LogP contribution in [-0.2, 0) is 0 Å². The third-order valence-corrected chi connectivity index (χ3v) is 14.0. The first-order chi connectivity index (χ1) is 28.7. The van der Waals surface area contributed by atoms with Gasteiger partial charge in [-0.25, -0.2) is 0 Å². The summed E-state index contributed by atoms with van der Waals surface area (Å²) in [7, 11) is 0. The van der Waals surface area contributed by atoms with Crippen molar-refractivity contribution in [1.82, 2.24) is 4.57 Å². The molecule has 2 nitrogen and oxygen atoms in total. The highest BCUT2D eigenvalue weighted by molar-refractivity contribution is 7.26. The Labute approximate surface area is 343 Å². The van der Waals surface area contributed by atoms with E-state index in [1.165, 1.54) is 90.0 Å². The predicted molar refractivity (Wildman–Crippen MR) is 253 cm³/mol. The van der Waals surface area contributed by atoms with Gasteiger partial charge in [-0.2, -0.15) is 0 Å². The maximum Gasteiger partial charge on any atom is 0.0548 e. The number of nitrogens with zero attached hydrogens (tertiary/aromatic N) is 1. The monoisotopic (exact) mass is 774 g/mol. The Kier molecular flexibility index (Phi) is 7.62. The summed E-state index contributed by atoms with van der Waals surface area (Å²) in [5, 5.41) is 11.6. The quantitative estimate of drug-likeness (QED) is 0.178. The van der Waals surface area contributed by atoms with E-state index in [-0.39, 0.29) is 0 Å². The van der Waals surface area contributed by atoms with Gasteiger partial charge >= 0.3 is 0 Å². The van der Waals surface area contributed by atoms with Gasteiger partial charge in [-0.15, -0.1) is 22.7 Å². The van der Waals surface area contributed by atoms with Crippen LogP contribution in [0.3, 0.4) is 0 Å². The van der Waals surface area contributed by atoms with Gasteiger partial charge in [0.15, 0.2) is 0 Å². The number of hydrogen-bond acceptors (Lipinski definition) is 3. The fourth-order valence-electron chi connectivity index (χ4n) is 8.93. The highest BCUT2D eigenvalue weighted by Crippen LogP contribution is 2.44. The Hall–Kier alpha value is -6.98. The molecule has 3 aromatic heterocycles. The topological polar surface area (TPSA) is 17.0 Å². The summed E-state index contributed by atoms with van der Waals surface area (Å²) >= 11 is 3.75. The van der Waals surface area contributed by atoms with E-state index in [1.54, 1.807) is 0 Å². The fourth-order valence-corrected chi connectivity index (χ4v) is 11.4. The Morgan fingerprint density at radius 3 is 1.60 bits per heavy atom. The standard InChI is InChI=1S/C54H34N2S2/c1-2-14-34(15-3-1)46-33-50-47(32-48(46)55-37-18-10-16-35(30-37)39-23-12-25-44-42-21-5-8-28-51(42)57-53(39)44)41-20-4-7-27-49(41)56(50)38-19-11-17-36(31-38)40-24-13-26-45-43-22-6-9-29-52(43)58-54(40)45/h1-33,55H. The molecule has 272 valence electrons. The van der Waals surface area contributed by atoms with E-state index in [1.807, 2.05) is 22.7 Å². The predicted octanol–water partition coefficient (Wildman–Crippen LogP) is 16.3. The van der Waals surface area contributed by atoms with E-state index < -0.39 is 0 Å². The minimum atomic E-state index is 1.05. The van der Waals surface area contributed by atoms with Crippen molar-refractivity contribution >= 4 is 96.2 Å². The van der Waals surface area contributed by atoms with E-state index in [0.29, 0.717) is 0 Å². The van der Waals surface area contributed by atoms with Gasteiger partial charge in [0.05, 0.1) is 11.0 Å². The molecule has 0 aliphatic carbocycles. The average molecular weight is 775 g/mol. The molecule has 12 aromatic rings. The summed E-state index contributed by atoms with van der Waals surface area (Å²) in [6.07, 6.45) is 0. The van der Waals surface area contributed by atoms with Crippen molar-refractivity contribution in [1.29, 1.82) is 0 Å². The highest BCUT2D eigenvalue weighted by atomic mass is 32.1. The van der Waals surface area contributed by atoms with Crippen LogP contribution in [0.25, 0.3) is 101 Å². The van der Waals surface area contributed by atoms with Crippen LogP contribution in [0.5, 0.6) is 0 Å². The molecule has 0 radical (unpaired) electrons. The van der Waals surface area contributed by atoms with Crippen LogP contribution in [0.1, 0.15) is 0 Å². The molecule has 0 unspecified atom stereocenters. The first kappa shape index (κ1) is 33.2. The second-order valence-corrected chi connectivity index (χ2v) is 17.1. The van der Waals surface area contributed by atoms with Crippen molar-refractivity contribution in [2.75, 3.05) is 5.32 Å². The molecule has 0 aliphatic rings. The van der Waals surface area contributed by atoms with Gasteiger partial charge < -0.3 is 9.88 Å². The number of benzene rings is 9. The summed E-state index contributed by atoms with van der Waals surface area (Å²) in [6, 6.07) is 73.2. The zero-order valence-corrected chi connectivity index (χ0v) is 32.9. The lowest BCUT2D eigenvalue weighted by atomic mass is 9.99. The minimum Gasteiger partial charge on any atom is -0.355 e. The van der Waals surface area contributed by atoms with Crippen molar-refractivity contribution in [2.24, 2.45) is 0 Å². The van der Waals surface area contributed by atoms with Gasteiger partial charge in [-0.05, 0) is 82.4 Å². The molecule has 12 rings (SSSR count). The van der Waals surface area contributed by atoms with Crippen molar-refractivity contribution < 1.29 is 0 Å². The molecular formula is C54H34N2S2. The normalized spacial score (nSPS) is 11.8. The second kappa shape index (κ2) is 13.3. The zero-order chi connectivity index (χ0) is 38.2. The Morgan fingerprint density at radius 2 is 0.897 bits per heavy atom. The maximum absolute atomic E-state index is 3.92. The number of rotatable bonds is 6. The van der Waals surface area contributed by atoms with Gasteiger partial charge in [0.1, 0.15) is 0 Å². The van der Waals surface area contributed by atoms with Gasteiger partial charge in [-0.3, -0.25) is 0 Å². The minimum absolute atomic E-state index is 1.05. The van der Waals surface area contributed by atoms with Crippen molar-refractivity contribution in [2.45, 2.75) is 0 Å². The molecule has 1 N–H and O–H groups in total. The average Bonchev–Trinajstić information content (AvgIpc) is 3.96. The molecule has 4 heteroatoms. The summed E-state index contributed by atoms with van der Waals surface area (Å²) in [5.41, 5.74) is 12.9. The number of anilines is 2. The summed E-state index contributed by atoms with van der Waals surface area (Å²) in [4.78, 5) is 0. The van der Waals surface area contributed by atoms with E-state index in [4.69, 9.17) is 0 Å². The van der Waals surface area contributed by atoms with Crippen molar-refractivity contribution in [3.05, 3.63) is 200 Å². The van der Waals surface area contributed by atoms with Gasteiger partial charge in [-0.1, -0.05) is 146 Å². The lowest BCUT2D eigenvalue weighted by molar-refractivity contribution is 1.18. The van der Waals surface area contributed by atoms with Crippen LogP contribution in [-0.4, -0.2) is 4.57 Å². The summed E-state index contributed by atoms with van der Waals surface area (Å²) in [6.45, 7) is 0. The molecule has 0 amide bonds. The summed E-state index contributed by atoms with van der Waals surface area (Å²) in [5.74, 6) is 0. The number of para-hydroxylation sites is 1. The number of fused-ring (bicyclic) bond motifs is 9. The maximum atomic E-state index is 3.92. The molecular weight excluding hydrogens is 741 g/mol. The molecule has 3 heterocycles. The summed E-state index contributed by atoms with van der Waals surface area (Å²) < 4.78 is 7.74. The SMILES string of the molecule is c1ccc(-c2cc3c(cc2Nc2cccc(-c4cccc5c4sc4ccccc45)c2)c2ccccc2n3-c2cccc(-c3cccc4c3sc3ccccc34)c2)cc1. The molecule has 9 aromatic carbocycles. The number of hydrogen-bond donors (Lipinski definition) is 1. The van der Waals surface area contributed by atoms with Crippen LogP contribution in [0.4, 0.5) is 11.4 Å². The molecule has 0 saturated carbocycles. The molecule has 0 fully saturated rings. The number of thiophene rings is 2. The van der Waals surface area contributed by atoms with E-state index >= 15 is 0 Å². The Morgan fingerprint density at radius 1 is 0.345 bits per heavy atom. The van der Waals surface area contributed by atoms with Gasteiger partial charge in [0.25, 0.3) is 0 Å². The second-order valence-electron chi connectivity index (χ2n) is 15.0. The van der Waals surface area contributed by atoms with Crippen molar-refractivity contribution in [3.8, 4) is 39.1 Å². The third-order valence-electron chi connectivity index (χ3n) is 11.6.